The van der Waals surface area contributed by atoms with Gasteiger partial charge in [-0.15, -0.1) is 5.10 Å². The highest BCUT2D eigenvalue weighted by Gasteiger charge is 2.32. The first-order valence-corrected chi connectivity index (χ1v) is 6.39. The van der Waals surface area contributed by atoms with Crippen molar-refractivity contribution in [3.8, 4) is 0 Å². The second-order valence-electron chi connectivity index (χ2n) is 3.73. The summed E-state index contributed by atoms with van der Waals surface area (Å²) in [6.45, 7) is 0.662. The molecule has 2 rings (SSSR count). The third kappa shape index (κ3) is 2.95. The molecule has 0 aliphatic carbocycles. The molecule has 2 aromatic rings. The number of nitrogens with zero attached hydrogens (tertiary/aromatic N) is 3. The quantitative estimate of drug-likeness (QED) is 0.887. The van der Waals surface area contributed by atoms with Crippen molar-refractivity contribution in [2.24, 2.45) is 5.73 Å². The largest absolute Gasteiger partial charge is 0.325 e. The predicted octanol–water partition coefficient (Wildman–Crippen LogP) is 2.61. The lowest BCUT2D eigenvalue weighted by molar-refractivity contribution is 0.623. The molecule has 0 amide bonds. The summed E-state index contributed by atoms with van der Waals surface area (Å²) >= 11 is 17.8. The third-order valence-corrected chi connectivity index (χ3v) is 2.98. The van der Waals surface area contributed by atoms with E-state index in [9.17, 15) is 0 Å². The number of aromatic nitrogens is 3. The van der Waals surface area contributed by atoms with Crippen molar-refractivity contribution in [2.75, 3.05) is 0 Å². The maximum Gasteiger partial charge on any atom is 0.234 e. The summed E-state index contributed by atoms with van der Waals surface area (Å²) in [5, 5.41) is 7.91. The molecule has 0 aliphatic rings. The van der Waals surface area contributed by atoms with E-state index in [0.29, 0.717) is 17.9 Å². The van der Waals surface area contributed by atoms with Gasteiger partial charge in [-0.2, -0.15) is 0 Å². The molecule has 0 aliphatic heterocycles. The van der Waals surface area contributed by atoms with Gasteiger partial charge in [-0.25, -0.2) is 4.68 Å². The van der Waals surface area contributed by atoms with Crippen LogP contribution in [-0.2, 0) is 16.9 Å². The van der Waals surface area contributed by atoms with Crippen LogP contribution >= 0.6 is 34.8 Å². The Balaban J connectivity index is 2.37. The van der Waals surface area contributed by atoms with Crippen molar-refractivity contribution >= 4 is 34.8 Å². The van der Waals surface area contributed by atoms with E-state index < -0.39 is 3.79 Å². The molecule has 0 radical (unpaired) electrons. The summed E-state index contributed by atoms with van der Waals surface area (Å²) in [6, 6.07) is 9.74. The van der Waals surface area contributed by atoms with Crippen LogP contribution in [0.15, 0.2) is 30.3 Å². The average Bonchev–Trinajstić information content (AvgIpc) is 2.73. The van der Waals surface area contributed by atoms with Gasteiger partial charge in [0.2, 0.25) is 3.79 Å². The van der Waals surface area contributed by atoms with Gasteiger partial charge in [0.1, 0.15) is 11.4 Å². The first-order chi connectivity index (χ1) is 8.52. The first kappa shape index (κ1) is 13.6. The van der Waals surface area contributed by atoms with E-state index in [0.717, 1.165) is 5.56 Å². The molecule has 4 nitrogen and oxygen atoms in total. The van der Waals surface area contributed by atoms with Crippen LogP contribution in [0.1, 0.15) is 17.0 Å². The van der Waals surface area contributed by atoms with E-state index in [1.165, 1.54) is 0 Å². The van der Waals surface area contributed by atoms with Crippen LogP contribution in [0.3, 0.4) is 0 Å². The minimum Gasteiger partial charge on any atom is -0.325 e. The Morgan fingerprint density at radius 3 is 2.39 bits per heavy atom. The van der Waals surface area contributed by atoms with Crippen LogP contribution in [-0.4, -0.2) is 15.0 Å². The van der Waals surface area contributed by atoms with Gasteiger partial charge in [-0.1, -0.05) is 70.3 Å². The van der Waals surface area contributed by atoms with Crippen molar-refractivity contribution in [3.05, 3.63) is 47.3 Å². The van der Waals surface area contributed by atoms with Crippen molar-refractivity contribution in [1.82, 2.24) is 15.0 Å². The zero-order valence-electron chi connectivity index (χ0n) is 9.35. The van der Waals surface area contributed by atoms with Crippen LogP contribution in [0.5, 0.6) is 0 Å². The molecule has 0 spiro atoms. The second kappa shape index (κ2) is 5.45. The molecule has 1 aromatic heterocycles. The molecular formula is C11H11Cl3N4. The number of benzene rings is 1. The normalized spacial score (nSPS) is 11.8. The van der Waals surface area contributed by atoms with E-state index in [-0.39, 0.29) is 6.54 Å². The second-order valence-corrected chi connectivity index (χ2v) is 6.01. The number of hydrogen-bond acceptors (Lipinski definition) is 3. The zero-order chi connectivity index (χ0) is 13.2. The minimum absolute atomic E-state index is 0.179. The average molecular weight is 306 g/mol. The van der Waals surface area contributed by atoms with Gasteiger partial charge in [-0.05, 0) is 5.56 Å². The molecule has 1 aromatic carbocycles. The molecule has 96 valence electrons. The van der Waals surface area contributed by atoms with Crippen molar-refractivity contribution in [2.45, 2.75) is 16.9 Å². The monoisotopic (exact) mass is 304 g/mol. The van der Waals surface area contributed by atoms with Gasteiger partial charge in [0.25, 0.3) is 0 Å². The Morgan fingerprint density at radius 2 is 1.83 bits per heavy atom. The molecule has 0 saturated heterocycles. The van der Waals surface area contributed by atoms with E-state index >= 15 is 0 Å². The van der Waals surface area contributed by atoms with Crippen molar-refractivity contribution in [1.29, 1.82) is 0 Å². The summed E-state index contributed by atoms with van der Waals surface area (Å²) in [6.07, 6.45) is 0. The number of alkyl halides is 3. The van der Waals surface area contributed by atoms with E-state index in [2.05, 4.69) is 10.3 Å². The van der Waals surface area contributed by atoms with Gasteiger partial charge in [0, 0.05) is 6.54 Å². The maximum atomic E-state index is 5.93. The van der Waals surface area contributed by atoms with E-state index in [4.69, 9.17) is 40.5 Å². The fourth-order valence-electron chi connectivity index (χ4n) is 1.66. The molecule has 0 fully saturated rings. The number of nitrogens with two attached hydrogens (primary N) is 1. The first-order valence-electron chi connectivity index (χ1n) is 5.26. The third-order valence-electron chi connectivity index (χ3n) is 2.44. The highest BCUT2D eigenvalue weighted by atomic mass is 35.6. The Hall–Kier alpha value is -0.810. The van der Waals surface area contributed by atoms with Gasteiger partial charge in [0.05, 0.1) is 6.54 Å². The van der Waals surface area contributed by atoms with Crippen LogP contribution in [0, 0.1) is 0 Å². The maximum absolute atomic E-state index is 5.93. The highest BCUT2D eigenvalue weighted by Crippen LogP contribution is 2.39. The Labute approximate surface area is 120 Å². The molecule has 7 heteroatoms. The zero-order valence-corrected chi connectivity index (χ0v) is 11.6. The van der Waals surface area contributed by atoms with Crippen LogP contribution in [0.2, 0.25) is 0 Å². The summed E-state index contributed by atoms with van der Waals surface area (Å²) in [5.74, 6) is 0. The molecule has 0 unspecified atom stereocenters. The topological polar surface area (TPSA) is 56.7 Å². The van der Waals surface area contributed by atoms with Gasteiger partial charge in [-0.3, -0.25) is 0 Å². The number of hydrogen-bond donors (Lipinski definition) is 1. The lowest BCUT2D eigenvalue weighted by atomic mass is 10.2. The summed E-state index contributed by atoms with van der Waals surface area (Å²) in [4.78, 5) is 0. The lowest BCUT2D eigenvalue weighted by Gasteiger charge is -2.14. The van der Waals surface area contributed by atoms with Crippen molar-refractivity contribution < 1.29 is 0 Å². The van der Waals surface area contributed by atoms with Gasteiger partial charge < -0.3 is 5.73 Å². The summed E-state index contributed by atoms with van der Waals surface area (Å²) in [7, 11) is 0. The van der Waals surface area contributed by atoms with E-state index in [1.807, 2.05) is 30.3 Å². The minimum atomic E-state index is -1.59. The fourth-order valence-corrected chi connectivity index (χ4v) is 2.28. The molecule has 0 atom stereocenters. The smallest absolute Gasteiger partial charge is 0.234 e. The van der Waals surface area contributed by atoms with E-state index in [1.54, 1.807) is 4.68 Å². The molecule has 0 bridgehead atoms. The fraction of sp³-hybridized carbons (Fsp3) is 0.273. The Bertz CT molecular complexity index is 519. The SMILES string of the molecule is NCc1nnn(Cc2ccccc2)c1C(Cl)(Cl)Cl. The van der Waals surface area contributed by atoms with Crippen LogP contribution in [0.4, 0.5) is 0 Å². The van der Waals surface area contributed by atoms with Crippen molar-refractivity contribution in [3.63, 3.8) is 0 Å². The molecule has 2 N–H and O–H groups in total. The summed E-state index contributed by atoms with van der Waals surface area (Å²) < 4.78 is -0.0302. The van der Waals surface area contributed by atoms with Crippen LogP contribution in [0.25, 0.3) is 0 Å². The Morgan fingerprint density at radius 1 is 1.17 bits per heavy atom. The van der Waals surface area contributed by atoms with Gasteiger partial charge in [0.15, 0.2) is 0 Å². The Kier molecular flexibility index (Phi) is 4.12. The van der Waals surface area contributed by atoms with Crippen LogP contribution < -0.4 is 5.73 Å². The number of rotatable bonds is 3. The number of halogens is 3. The predicted molar refractivity (Wildman–Crippen MR) is 72.7 cm³/mol. The summed E-state index contributed by atoms with van der Waals surface area (Å²) in [5.41, 5.74) is 7.51. The lowest BCUT2D eigenvalue weighted by Crippen LogP contribution is -2.16. The molecule has 1 heterocycles. The molecule has 0 saturated carbocycles. The standard InChI is InChI=1S/C11H11Cl3N4/c12-11(13,14)10-9(6-15)16-17-18(10)7-8-4-2-1-3-5-8/h1-5H,6-7,15H2. The highest BCUT2D eigenvalue weighted by molar-refractivity contribution is 6.66. The molecule has 18 heavy (non-hydrogen) atoms. The van der Waals surface area contributed by atoms with Gasteiger partial charge >= 0.3 is 0 Å². The molecular weight excluding hydrogens is 295 g/mol.